The molecule has 0 aliphatic carbocycles. The molecule has 0 aliphatic rings. The fraction of sp³-hybridized carbons (Fsp3) is 0.273. The lowest BCUT2D eigenvalue weighted by atomic mass is 10.2. The van der Waals surface area contributed by atoms with E-state index in [2.05, 4.69) is 0 Å². The second-order valence-electron chi connectivity index (χ2n) is 2.84. The van der Waals surface area contributed by atoms with Gasteiger partial charge in [0, 0.05) is 17.1 Å². The van der Waals surface area contributed by atoms with Crippen LogP contribution < -0.4 is 10.5 Å². The highest BCUT2D eigenvalue weighted by Gasteiger charge is 2.01. The van der Waals surface area contributed by atoms with Gasteiger partial charge in [-0.25, -0.2) is 0 Å². The Morgan fingerprint density at radius 3 is 2.93 bits per heavy atom. The maximum atomic E-state index is 5.83. The lowest BCUT2D eigenvalue weighted by Crippen LogP contribution is -2.02. The molecule has 76 valence electrons. The van der Waals surface area contributed by atoms with E-state index in [-0.39, 0.29) is 0 Å². The number of halogens is 1. The molecule has 0 unspecified atom stereocenters. The van der Waals surface area contributed by atoms with Gasteiger partial charge < -0.3 is 10.5 Å². The SMILES string of the molecule is C/C=C/COc1ccc(Cl)cc1CN. The van der Waals surface area contributed by atoms with Gasteiger partial charge in [-0.3, -0.25) is 0 Å². The zero-order chi connectivity index (χ0) is 10.4. The van der Waals surface area contributed by atoms with Gasteiger partial charge in [0.1, 0.15) is 12.4 Å². The molecule has 0 radical (unpaired) electrons. The van der Waals surface area contributed by atoms with Crippen molar-refractivity contribution in [1.82, 2.24) is 0 Å². The van der Waals surface area contributed by atoms with Gasteiger partial charge in [0.25, 0.3) is 0 Å². The number of nitrogens with two attached hydrogens (primary N) is 1. The third-order valence-electron chi connectivity index (χ3n) is 1.81. The first-order chi connectivity index (χ1) is 6.77. The Hall–Kier alpha value is -0.990. The molecular formula is C11H14ClNO. The molecule has 2 N–H and O–H groups in total. The van der Waals surface area contributed by atoms with Gasteiger partial charge in [-0.1, -0.05) is 23.8 Å². The van der Waals surface area contributed by atoms with Crippen molar-refractivity contribution < 1.29 is 4.74 Å². The van der Waals surface area contributed by atoms with Crippen molar-refractivity contribution in [1.29, 1.82) is 0 Å². The van der Waals surface area contributed by atoms with Crippen LogP contribution in [0.5, 0.6) is 5.75 Å². The van der Waals surface area contributed by atoms with Crippen LogP contribution in [0.3, 0.4) is 0 Å². The van der Waals surface area contributed by atoms with E-state index in [4.69, 9.17) is 22.1 Å². The topological polar surface area (TPSA) is 35.2 Å². The Morgan fingerprint density at radius 1 is 1.50 bits per heavy atom. The molecule has 0 spiro atoms. The maximum absolute atomic E-state index is 5.83. The van der Waals surface area contributed by atoms with E-state index in [0.29, 0.717) is 18.2 Å². The van der Waals surface area contributed by atoms with E-state index >= 15 is 0 Å². The molecule has 0 aliphatic heterocycles. The van der Waals surface area contributed by atoms with Crippen molar-refractivity contribution in [2.45, 2.75) is 13.5 Å². The molecule has 1 rings (SSSR count). The molecule has 3 heteroatoms. The zero-order valence-electron chi connectivity index (χ0n) is 8.16. The summed E-state index contributed by atoms with van der Waals surface area (Å²) in [6.45, 7) is 2.95. The molecule has 1 aromatic rings. The highest BCUT2D eigenvalue weighted by Crippen LogP contribution is 2.22. The van der Waals surface area contributed by atoms with E-state index in [1.165, 1.54) is 0 Å². The number of ether oxygens (including phenoxy) is 1. The monoisotopic (exact) mass is 211 g/mol. The van der Waals surface area contributed by atoms with Gasteiger partial charge in [0.05, 0.1) is 0 Å². The first kappa shape index (κ1) is 11.1. The van der Waals surface area contributed by atoms with Gasteiger partial charge in [0.15, 0.2) is 0 Å². The third-order valence-corrected chi connectivity index (χ3v) is 2.05. The van der Waals surface area contributed by atoms with Gasteiger partial charge in [-0.05, 0) is 25.1 Å². The van der Waals surface area contributed by atoms with Gasteiger partial charge in [-0.15, -0.1) is 0 Å². The zero-order valence-corrected chi connectivity index (χ0v) is 8.92. The molecule has 0 bridgehead atoms. The van der Waals surface area contributed by atoms with Crippen LogP contribution in [0.1, 0.15) is 12.5 Å². The average Bonchev–Trinajstić information content (AvgIpc) is 2.20. The van der Waals surface area contributed by atoms with Crippen LogP contribution in [-0.2, 0) is 6.54 Å². The molecule has 0 heterocycles. The summed E-state index contributed by atoms with van der Waals surface area (Å²) < 4.78 is 5.50. The van der Waals surface area contributed by atoms with Crippen LogP contribution in [0.4, 0.5) is 0 Å². The van der Waals surface area contributed by atoms with Gasteiger partial charge >= 0.3 is 0 Å². The van der Waals surface area contributed by atoms with Crippen molar-refractivity contribution in [3.63, 3.8) is 0 Å². The Bertz CT molecular complexity index is 323. The molecule has 2 nitrogen and oxygen atoms in total. The number of benzene rings is 1. The highest BCUT2D eigenvalue weighted by molar-refractivity contribution is 6.30. The number of hydrogen-bond donors (Lipinski definition) is 1. The molecule has 0 saturated carbocycles. The second-order valence-corrected chi connectivity index (χ2v) is 3.27. The minimum atomic E-state index is 0.436. The molecule has 0 atom stereocenters. The molecule has 1 aromatic carbocycles. The summed E-state index contributed by atoms with van der Waals surface area (Å²) in [5.41, 5.74) is 6.50. The van der Waals surface area contributed by atoms with E-state index in [1.807, 2.05) is 31.2 Å². The van der Waals surface area contributed by atoms with Crippen molar-refractivity contribution in [2.24, 2.45) is 5.73 Å². The lowest BCUT2D eigenvalue weighted by Gasteiger charge is -2.08. The fourth-order valence-electron chi connectivity index (χ4n) is 1.08. The molecule has 0 fully saturated rings. The second kappa shape index (κ2) is 5.68. The fourth-order valence-corrected chi connectivity index (χ4v) is 1.28. The Kier molecular flexibility index (Phi) is 4.50. The average molecular weight is 212 g/mol. The summed E-state index contributed by atoms with van der Waals surface area (Å²) in [7, 11) is 0. The summed E-state index contributed by atoms with van der Waals surface area (Å²) in [5.74, 6) is 0.801. The Morgan fingerprint density at radius 2 is 2.29 bits per heavy atom. The molecule has 0 saturated heterocycles. The first-order valence-corrected chi connectivity index (χ1v) is 4.88. The molecular weight excluding hydrogens is 198 g/mol. The molecule has 0 amide bonds. The van der Waals surface area contributed by atoms with Crippen molar-refractivity contribution in [2.75, 3.05) is 6.61 Å². The smallest absolute Gasteiger partial charge is 0.124 e. The van der Waals surface area contributed by atoms with E-state index < -0.39 is 0 Å². The maximum Gasteiger partial charge on any atom is 0.124 e. The van der Waals surface area contributed by atoms with Crippen LogP contribution in [-0.4, -0.2) is 6.61 Å². The summed E-state index contributed by atoms with van der Waals surface area (Å²) in [4.78, 5) is 0. The summed E-state index contributed by atoms with van der Waals surface area (Å²) in [5, 5.41) is 0.684. The quantitative estimate of drug-likeness (QED) is 0.778. The van der Waals surface area contributed by atoms with Gasteiger partial charge in [-0.2, -0.15) is 0 Å². The Labute approximate surface area is 89.3 Å². The number of allylic oxidation sites excluding steroid dienone is 1. The normalized spacial score (nSPS) is 10.8. The summed E-state index contributed by atoms with van der Waals surface area (Å²) in [6.07, 6.45) is 3.88. The van der Waals surface area contributed by atoms with Crippen LogP contribution in [0, 0.1) is 0 Å². The standard InChI is InChI=1S/C11H14ClNO/c1-2-3-6-14-11-5-4-10(12)7-9(11)8-13/h2-5,7H,6,8,13H2,1H3/b3-2+. The van der Waals surface area contributed by atoms with Crippen molar-refractivity contribution in [3.05, 3.63) is 40.9 Å². The highest BCUT2D eigenvalue weighted by atomic mass is 35.5. The minimum Gasteiger partial charge on any atom is -0.489 e. The van der Waals surface area contributed by atoms with Crippen LogP contribution >= 0.6 is 11.6 Å². The largest absolute Gasteiger partial charge is 0.489 e. The molecule has 14 heavy (non-hydrogen) atoms. The summed E-state index contributed by atoms with van der Waals surface area (Å²) >= 11 is 5.83. The van der Waals surface area contributed by atoms with Crippen LogP contribution in [0.25, 0.3) is 0 Å². The predicted molar refractivity (Wildman–Crippen MR) is 59.7 cm³/mol. The Balaban J connectivity index is 2.74. The molecule has 0 aromatic heterocycles. The minimum absolute atomic E-state index is 0.436. The number of hydrogen-bond acceptors (Lipinski definition) is 2. The van der Waals surface area contributed by atoms with Gasteiger partial charge in [0.2, 0.25) is 0 Å². The predicted octanol–water partition coefficient (Wildman–Crippen LogP) is 2.75. The number of rotatable bonds is 4. The first-order valence-electron chi connectivity index (χ1n) is 4.50. The van der Waals surface area contributed by atoms with Crippen LogP contribution in [0.15, 0.2) is 30.4 Å². The van der Waals surface area contributed by atoms with Crippen molar-refractivity contribution >= 4 is 11.6 Å². The summed E-state index contributed by atoms with van der Waals surface area (Å²) in [6, 6.07) is 5.46. The van der Waals surface area contributed by atoms with Crippen molar-refractivity contribution in [3.8, 4) is 5.75 Å². The van der Waals surface area contributed by atoms with E-state index in [0.717, 1.165) is 11.3 Å². The van der Waals surface area contributed by atoms with E-state index in [9.17, 15) is 0 Å². The van der Waals surface area contributed by atoms with E-state index in [1.54, 1.807) is 6.07 Å². The lowest BCUT2D eigenvalue weighted by molar-refractivity contribution is 0.359. The third kappa shape index (κ3) is 3.05. The van der Waals surface area contributed by atoms with Crippen LogP contribution in [0.2, 0.25) is 5.02 Å².